The smallest absolute Gasteiger partial charge is 0.306 e. The molecule has 0 saturated carbocycles. The van der Waals surface area contributed by atoms with Crippen LogP contribution >= 0.6 is 0 Å². The van der Waals surface area contributed by atoms with Crippen LogP contribution < -0.4 is 0 Å². The Labute approximate surface area is 374 Å². The van der Waals surface area contributed by atoms with Crippen LogP contribution in [0, 0.1) is 17.8 Å². The molecule has 0 aliphatic carbocycles. The van der Waals surface area contributed by atoms with Crippen molar-refractivity contribution >= 4 is 17.9 Å². The summed E-state index contributed by atoms with van der Waals surface area (Å²) < 4.78 is 16.8. The van der Waals surface area contributed by atoms with Gasteiger partial charge in [-0.1, -0.05) is 253 Å². The standard InChI is InChI=1S/C54H104O6/c1-48(2)40-34-28-22-18-14-10-8-7-9-11-16-20-24-31-37-43-52(55)58-46-51(47-59-53(56)44-38-32-27-26-30-36-42-50(5)6)60-54(57)45-39-33-25-21-17-13-12-15-19-23-29-35-41-49(3)4/h48-51H,7-47H2,1-6H3/t51-/m0/s1. The summed E-state index contributed by atoms with van der Waals surface area (Å²) in [5, 5.41) is 0. The topological polar surface area (TPSA) is 78.9 Å². The van der Waals surface area contributed by atoms with E-state index in [2.05, 4.69) is 41.5 Å². The van der Waals surface area contributed by atoms with Crippen molar-refractivity contribution in [3.63, 3.8) is 0 Å². The van der Waals surface area contributed by atoms with Gasteiger partial charge in [-0.3, -0.25) is 14.4 Å². The van der Waals surface area contributed by atoms with E-state index in [1.807, 2.05) is 0 Å². The third-order valence-electron chi connectivity index (χ3n) is 12.1. The highest BCUT2D eigenvalue weighted by atomic mass is 16.6. The second-order valence-corrected chi connectivity index (χ2v) is 19.9. The van der Waals surface area contributed by atoms with Gasteiger partial charge >= 0.3 is 17.9 Å². The molecule has 0 heterocycles. The van der Waals surface area contributed by atoms with Crippen molar-refractivity contribution in [3.05, 3.63) is 0 Å². The molecule has 0 aromatic carbocycles. The minimum Gasteiger partial charge on any atom is -0.462 e. The molecule has 0 fully saturated rings. The van der Waals surface area contributed by atoms with Crippen LogP contribution in [0.15, 0.2) is 0 Å². The Bertz CT molecular complexity index is 929. The summed E-state index contributed by atoms with van der Waals surface area (Å²) in [6.45, 7) is 13.7. The van der Waals surface area contributed by atoms with Crippen LogP contribution in [0.2, 0.25) is 0 Å². The van der Waals surface area contributed by atoms with Gasteiger partial charge in [-0.15, -0.1) is 0 Å². The fourth-order valence-electron chi connectivity index (χ4n) is 8.12. The molecule has 0 aromatic heterocycles. The maximum absolute atomic E-state index is 12.8. The van der Waals surface area contributed by atoms with Gasteiger partial charge < -0.3 is 14.2 Å². The van der Waals surface area contributed by atoms with Gasteiger partial charge in [0, 0.05) is 19.3 Å². The number of esters is 3. The summed E-state index contributed by atoms with van der Waals surface area (Å²) in [6, 6.07) is 0. The molecule has 356 valence electrons. The zero-order valence-corrected chi connectivity index (χ0v) is 41.3. The normalized spacial score (nSPS) is 12.2. The van der Waals surface area contributed by atoms with Crippen LogP contribution in [0.25, 0.3) is 0 Å². The largest absolute Gasteiger partial charge is 0.462 e. The fourth-order valence-corrected chi connectivity index (χ4v) is 8.12. The highest BCUT2D eigenvalue weighted by Crippen LogP contribution is 2.18. The van der Waals surface area contributed by atoms with E-state index in [4.69, 9.17) is 14.2 Å². The van der Waals surface area contributed by atoms with Gasteiger partial charge in [0.2, 0.25) is 0 Å². The second kappa shape index (κ2) is 45.4. The SMILES string of the molecule is CC(C)CCCCCCCCCCCCCCCCCC(=O)OC[C@@H](COC(=O)CCCCCCCCC(C)C)OC(=O)CCCCCCCCCCCCCCC(C)C. The number of unbranched alkanes of at least 4 members (excludes halogenated alkanes) is 30. The van der Waals surface area contributed by atoms with E-state index >= 15 is 0 Å². The summed E-state index contributed by atoms with van der Waals surface area (Å²) in [4.78, 5) is 37.9. The Balaban J connectivity index is 4.24. The van der Waals surface area contributed by atoms with Crippen LogP contribution in [0.3, 0.4) is 0 Å². The third-order valence-corrected chi connectivity index (χ3v) is 12.1. The number of ether oxygens (including phenoxy) is 3. The van der Waals surface area contributed by atoms with Crippen molar-refractivity contribution in [2.24, 2.45) is 17.8 Å². The molecule has 0 aromatic rings. The Kier molecular flexibility index (Phi) is 44.2. The molecule has 0 aliphatic heterocycles. The third kappa shape index (κ3) is 47.5. The Hall–Kier alpha value is -1.59. The molecule has 60 heavy (non-hydrogen) atoms. The van der Waals surface area contributed by atoms with Crippen molar-refractivity contribution in [2.75, 3.05) is 13.2 Å². The molecular formula is C54H104O6. The first kappa shape index (κ1) is 58.4. The first-order valence-corrected chi connectivity index (χ1v) is 26.6. The van der Waals surface area contributed by atoms with Gasteiger partial charge in [-0.25, -0.2) is 0 Å². The molecule has 0 bridgehead atoms. The van der Waals surface area contributed by atoms with Gasteiger partial charge in [0.1, 0.15) is 13.2 Å². The van der Waals surface area contributed by atoms with Gasteiger partial charge in [-0.05, 0) is 37.0 Å². The molecule has 0 saturated heterocycles. The van der Waals surface area contributed by atoms with Gasteiger partial charge in [0.15, 0.2) is 6.10 Å². The molecule has 0 unspecified atom stereocenters. The average Bonchev–Trinajstić information content (AvgIpc) is 3.20. The van der Waals surface area contributed by atoms with Crippen molar-refractivity contribution in [3.8, 4) is 0 Å². The van der Waals surface area contributed by atoms with Gasteiger partial charge in [-0.2, -0.15) is 0 Å². The number of rotatable bonds is 47. The molecule has 0 radical (unpaired) electrons. The summed E-state index contributed by atoms with van der Waals surface area (Å²) in [5.74, 6) is 1.59. The quantitative estimate of drug-likeness (QED) is 0.0345. The van der Waals surface area contributed by atoms with Crippen molar-refractivity contribution < 1.29 is 28.6 Å². The molecule has 6 nitrogen and oxygen atoms in total. The van der Waals surface area contributed by atoms with Crippen molar-refractivity contribution in [1.82, 2.24) is 0 Å². The summed E-state index contributed by atoms with van der Waals surface area (Å²) >= 11 is 0. The second-order valence-electron chi connectivity index (χ2n) is 19.9. The molecule has 0 N–H and O–H groups in total. The number of hydrogen-bond acceptors (Lipinski definition) is 6. The van der Waals surface area contributed by atoms with Crippen molar-refractivity contribution in [2.45, 2.75) is 298 Å². The number of carbonyl (C=O) groups excluding carboxylic acids is 3. The summed E-state index contributed by atoms with van der Waals surface area (Å²) in [6.07, 6.45) is 45.4. The van der Waals surface area contributed by atoms with Crippen LogP contribution in [0.1, 0.15) is 292 Å². The van der Waals surface area contributed by atoms with E-state index in [1.165, 1.54) is 173 Å². The Morgan fingerprint density at radius 2 is 0.483 bits per heavy atom. The van der Waals surface area contributed by atoms with E-state index in [1.54, 1.807) is 0 Å². The van der Waals surface area contributed by atoms with E-state index < -0.39 is 6.10 Å². The average molecular weight is 849 g/mol. The van der Waals surface area contributed by atoms with E-state index in [9.17, 15) is 14.4 Å². The number of hydrogen-bond donors (Lipinski definition) is 0. The number of carbonyl (C=O) groups is 3. The zero-order valence-electron chi connectivity index (χ0n) is 41.3. The van der Waals surface area contributed by atoms with Gasteiger partial charge in [0.25, 0.3) is 0 Å². The summed E-state index contributed by atoms with van der Waals surface area (Å²) in [5.41, 5.74) is 0. The van der Waals surface area contributed by atoms with Crippen LogP contribution in [-0.2, 0) is 28.6 Å². The van der Waals surface area contributed by atoms with E-state index in [0.717, 1.165) is 75.5 Å². The lowest BCUT2D eigenvalue weighted by Crippen LogP contribution is -2.30. The fraction of sp³-hybridized carbons (Fsp3) is 0.944. The molecule has 0 aliphatic rings. The van der Waals surface area contributed by atoms with Crippen LogP contribution in [0.5, 0.6) is 0 Å². The lowest BCUT2D eigenvalue weighted by Gasteiger charge is -2.18. The van der Waals surface area contributed by atoms with E-state index in [-0.39, 0.29) is 31.1 Å². The van der Waals surface area contributed by atoms with Crippen molar-refractivity contribution in [1.29, 1.82) is 0 Å². The highest BCUT2D eigenvalue weighted by molar-refractivity contribution is 5.71. The monoisotopic (exact) mass is 849 g/mol. The molecule has 1 atom stereocenters. The minimum atomic E-state index is -0.763. The Morgan fingerprint density at radius 3 is 0.717 bits per heavy atom. The summed E-state index contributed by atoms with van der Waals surface area (Å²) in [7, 11) is 0. The first-order valence-electron chi connectivity index (χ1n) is 26.6. The zero-order chi connectivity index (χ0) is 44.2. The molecule has 0 rings (SSSR count). The van der Waals surface area contributed by atoms with E-state index in [0.29, 0.717) is 19.3 Å². The molecular weight excluding hydrogens is 745 g/mol. The predicted molar refractivity (Wildman–Crippen MR) is 256 cm³/mol. The first-order chi connectivity index (χ1) is 29.1. The maximum Gasteiger partial charge on any atom is 0.306 e. The van der Waals surface area contributed by atoms with Crippen LogP contribution in [0.4, 0.5) is 0 Å². The molecule has 0 amide bonds. The minimum absolute atomic E-state index is 0.0650. The van der Waals surface area contributed by atoms with Gasteiger partial charge in [0.05, 0.1) is 0 Å². The molecule has 6 heteroatoms. The lowest BCUT2D eigenvalue weighted by atomic mass is 10.0. The van der Waals surface area contributed by atoms with Crippen LogP contribution in [-0.4, -0.2) is 37.2 Å². The Morgan fingerprint density at radius 1 is 0.283 bits per heavy atom. The highest BCUT2D eigenvalue weighted by Gasteiger charge is 2.19. The maximum atomic E-state index is 12.8. The predicted octanol–water partition coefficient (Wildman–Crippen LogP) is 17.2. The lowest BCUT2D eigenvalue weighted by molar-refractivity contribution is -0.167. The molecule has 0 spiro atoms.